The number of hydrogen-bond donors (Lipinski definition) is 2. The minimum absolute atomic E-state index is 0.123. The number of nitrogens with two attached hydrogens (primary N) is 1. The van der Waals surface area contributed by atoms with E-state index in [1.54, 1.807) is 6.07 Å². The van der Waals surface area contributed by atoms with Crippen LogP contribution in [0.25, 0.3) is 11.0 Å². The van der Waals surface area contributed by atoms with Gasteiger partial charge in [-0.2, -0.15) is 5.26 Å². The van der Waals surface area contributed by atoms with Crippen LogP contribution in [0.5, 0.6) is 0 Å². The summed E-state index contributed by atoms with van der Waals surface area (Å²) < 4.78 is 16.5. The van der Waals surface area contributed by atoms with Crippen molar-refractivity contribution in [2.75, 3.05) is 11.1 Å². The van der Waals surface area contributed by atoms with Crippen LogP contribution in [0.2, 0.25) is 0 Å². The highest BCUT2D eigenvalue weighted by molar-refractivity contribution is 9.10. The third-order valence-corrected chi connectivity index (χ3v) is 5.17. The van der Waals surface area contributed by atoms with Crippen LogP contribution in [-0.4, -0.2) is 19.5 Å². The largest absolute Gasteiger partial charge is 0.382 e. The number of nitriles is 1. The molecule has 1 saturated carbocycles. The van der Waals surface area contributed by atoms with Gasteiger partial charge < -0.3 is 15.6 Å². The number of nitrogen functional groups attached to an aromatic ring is 1. The quantitative estimate of drug-likeness (QED) is 0.672. The van der Waals surface area contributed by atoms with E-state index in [1.165, 1.54) is 12.4 Å². The van der Waals surface area contributed by atoms with Gasteiger partial charge in [-0.25, -0.2) is 19.3 Å². The molecule has 4 rings (SSSR count). The number of halogens is 2. The summed E-state index contributed by atoms with van der Waals surface area (Å²) in [6.45, 7) is 1.92. The van der Waals surface area contributed by atoms with E-state index in [1.807, 2.05) is 13.0 Å². The van der Waals surface area contributed by atoms with Crippen molar-refractivity contribution in [2.45, 2.75) is 31.8 Å². The van der Waals surface area contributed by atoms with Crippen molar-refractivity contribution in [3.05, 3.63) is 40.1 Å². The van der Waals surface area contributed by atoms with E-state index in [4.69, 9.17) is 10.7 Å². The van der Waals surface area contributed by atoms with Crippen molar-refractivity contribution in [3.8, 4) is 6.07 Å². The first-order valence-electron chi connectivity index (χ1n) is 8.14. The van der Waals surface area contributed by atoms with Crippen LogP contribution in [0, 0.1) is 17.1 Å². The number of benzene rings is 1. The maximum absolute atomic E-state index is 14.0. The molecule has 0 bridgehead atoms. The van der Waals surface area contributed by atoms with Crippen LogP contribution in [0.1, 0.15) is 43.2 Å². The molecule has 2 heterocycles. The molecule has 0 saturated heterocycles. The van der Waals surface area contributed by atoms with Gasteiger partial charge in [0.05, 0.1) is 21.5 Å². The van der Waals surface area contributed by atoms with Crippen LogP contribution < -0.4 is 11.1 Å². The Morgan fingerprint density at radius 3 is 2.88 bits per heavy atom. The molecular weight excluding hydrogens is 401 g/mol. The fourth-order valence-corrected chi connectivity index (χ4v) is 3.56. The number of rotatable bonds is 4. The Balaban J connectivity index is 1.80. The third-order valence-electron chi connectivity index (χ3n) is 4.41. The maximum Gasteiger partial charge on any atom is 0.150 e. The Morgan fingerprint density at radius 2 is 2.19 bits per heavy atom. The number of anilines is 2. The molecule has 0 amide bonds. The highest BCUT2D eigenvalue weighted by Crippen LogP contribution is 2.42. The Hall–Kier alpha value is -2.73. The van der Waals surface area contributed by atoms with Crippen molar-refractivity contribution in [2.24, 2.45) is 0 Å². The molecule has 1 aliphatic rings. The summed E-state index contributed by atoms with van der Waals surface area (Å²) in [5.74, 6) is 0.918. The molecule has 1 atom stereocenters. The van der Waals surface area contributed by atoms with Gasteiger partial charge in [0, 0.05) is 6.04 Å². The van der Waals surface area contributed by atoms with E-state index in [-0.39, 0.29) is 23.2 Å². The molecule has 3 N–H and O–H groups in total. The molecule has 0 aliphatic heterocycles. The van der Waals surface area contributed by atoms with E-state index in [0.29, 0.717) is 16.3 Å². The average Bonchev–Trinajstić information content (AvgIpc) is 3.38. The lowest BCUT2D eigenvalue weighted by molar-refractivity contribution is 0.618. The zero-order valence-corrected chi connectivity index (χ0v) is 15.5. The van der Waals surface area contributed by atoms with Crippen LogP contribution in [-0.2, 0) is 0 Å². The summed E-state index contributed by atoms with van der Waals surface area (Å²) in [6, 6.07) is 5.12. The van der Waals surface area contributed by atoms with E-state index < -0.39 is 0 Å². The Morgan fingerprint density at radius 1 is 1.42 bits per heavy atom. The van der Waals surface area contributed by atoms with Gasteiger partial charge in [-0.15, -0.1) is 0 Å². The number of imidazole rings is 1. The lowest BCUT2D eigenvalue weighted by Crippen LogP contribution is -2.15. The zero-order chi connectivity index (χ0) is 18.4. The molecule has 0 unspecified atom stereocenters. The fraction of sp³-hybridized carbons (Fsp3) is 0.294. The van der Waals surface area contributed by atoms with E-state index in [0.717, 1.165) is 29.7 Å². The minimum atomic E-state index is -0.318. The molecular formula is C17H15BrFN7. The highest BCUT2D eigenvalue weighted by atomic mass is 79.9. The molecule has 7 nitrogen and oxygen atoms in total. The Kier molecular flexibility index (Phi) is 4.00. The number of nitrogens with one attached hydrogen (secondary N) is 1. The second-order valence-electron chi connectivity index (χ2n) is 6.26. The molecule has 9 heteroatoms. The summed E-state index contributed by atoms with van der Waals surface area (Å²) in [5.41, 5.74) is 7.41. The number of fused-ring (bicyclic) bond motifs is 1. The van der Waals surface area contributed by atoms with Crippen LogP contribution in [0.15, 0.2) is 22.9 Å². The monoisotopic (exact) mass is 415 g/mol. The summed E-state index contributed by atoms with van der Waals surface area (Å²) in [4.78, 5) is 12.7. The Bertz CT molecular complexity index is 1050. The first-order chi connectivity index (χ1) is 12.5. The smallest absolute Gasteiger partial charge is 0.150 e. The Labute approximate surface area is 157 Å². The summed E-state index contributed by atoms with van der Waals surface area (Å²) in [5, 5.41) is 12.5. The van der Waals surface area contributed by atoms with E-state index >= 15 is 0 Å². The summed E-state index contributed by atoms with van der Waals surface area (Å²) in [7, 11) is 0. The summed E-state index contributed by atoms with van der Waals surface area (Å²) in [6.07, 6.45) is 3.36. The molecule has 0 radical (unpaired) electrons. The van der Waals surface area contributed by atoms with Gasteiger partial charge >= 0.3 is 0 Å². The van der Waals surface area contributed by atoms with Crippen LogP contribution in [0.4, 0.5) is 16.0 Å². The van der Waals surface area contributed by atoms with Gasteiger partial charge in [-0.05, 0) is 47.8 Å². The normalized spacial score (nSPS) is 15.0. The molecule has 1 fully saturated rings. The van der Waals surface area contributed by atoms with Gasteiger partial charge in [0.1, 0.15) is 41.2 Å². The molecule has 0 spiro atoms. The standard InChI is InChI=1S/C17H15BrFN7/c1-8(24-16-10(6-20)15(21)22-7-23-16)17-25-12-5-4-11(19)13(18)14(12)26(17)9-2-3-9/h4-5,7-9H,2-3H2,1H3,(H3,21,22,23,24)/t8-/m0/s1. The fourth-order valence-electron chi connectivity index (χ4n) is 3.04. The van der Waals surface area contributed by atoms with Crippen molar-refractivity contribution >= 4 is 38.6 Å². The predicted octanol–water partition coefficient (Wildman–Crippen LogP) is 3.69. The maximum atomic E-state index is 14.0. The van der Waals surface area contributed by atoms with Gasteiger partial charge in [0.15, 0.2) is 0 Å². The van der Waals surface area contributed by atoms with Crippen molar-refractivity contribution in [1.29, 1.82) is 5.26 Å². The zero-order valence-electron chi connectivity index (χ0n) is 13.9. The van der Waals surface area contributed by atoms with Crippen molar-refractivity contribution in [1.82, 2.24) is 19.5 Å². The van der Waals surface area contributed by atoms with Gasteiger partial charge in [-0.3, -0.25) is 0 Å². The molecule has 132 valence electrons. The first-order valence-corrected chi connectivity index (χ1v) is 8.93. The second-order valence-corrected chi connectivity index (χ2v) is 7.05. The van der Waals surface area contributed by atoms with Crippen LogP contribution in [0.3, 0.4) is 0 Å². The number of hydrogen-bond acceptors (Lipinski definition) is 6. The highest BCUT2D eigenvalue weighted by Gasteiger charge is 2.31. The minimum Gasteiger partial charge on any atom is -0.382 e. The van der Waals surface area contributed by atoms with Crippen LogP contribution >= 0.6 is 15.9 Å². The third kappa shape index (κ3) is 2.66. The number of aromatic nitrogens is 4. The molecule has 1 aliphatic carbocycles. The molecule has 2 aromatic heterocycles. The lowest BCUT2D eigenvalue weighted by atomic mass is 10.2. The van der Waals surface area contributed by atoms with E-state index in [9.17, 15) is 9.65 Å². The molecule has 26 heavy (non-hydrogen) atoms. The topological polar surface area (TPSA) is 105 Å². The predicted molar refractivity (Wildman–Crippen MR) is 98.9 cm³/mol. The van der Waals surface area contributed by atoms with E-state index in [2.05, 4.69) is 35.8 Å². The number of nitrogens with zero attached hydrogens (tertiary/aromatic N) is 5. The van der Waals surface area contributed by atoms with Gasteiger partial charge in [0.2, 0.25) is 0 Å². The first kappa shape index (κ1) is 16.7. The average molecular weight is 416 g/mol. The van der Waals surface area contributed by atoms with Gasteiger partial charge in [-0.1, -0.05) is 0 Å². The van der Waals surface area contributed by atoms with Crippen molar-refractivity contribution < 1.29 is 4.39 Å². The van der Waals surface area contributed by atoms with Gasteiger partial charge in [0.25, 0.3) is 0 Å². The SMILES string of the molecule is C[C@H](Nc1ncnc(N)c1C#N)c1nc2ccc(F)c(Br)c2n1C1CC1. The van der Waals surface area contributed by atoms with Crippen molar-refractivity contribution in [3.63, 3.8) is 0 Å². The second kappa shape index (κ2) is 6.21. The summed E-state index contributed by atoms with van der Waals surface area (Å²) >= 11 is 3.35. The molecule has 3 aromatic rings. The molecule has 1 aromatic carbocycles. The lowest BCUT2D eigenvalue weighted by Gasteiger charge is -2.17.